The monoisotopic (exact) mass is 499 g/mol. The molecule has 0 bridgehead atoms. The van der Waals surface area contributed by atoms with E-state index in [1.807, 2.05) is 6.92 Å². The molecule has 1 atom stereocenters. The van der Waals surface area contributed by atoms with Gasteiger partial charge in [0.25, 0.3) is 0 Å². The number of hydrogen-bond acceptors (Lipinski definition) is 8. The molecule has 0 aliphatic heterocycles. The van der Waals surface area contributed by atoms with Crippen LogP contribution >= 0.6 is 11.6 Å². The number of anilines is 2. The lowest BCUT2D eigenvalue weighted by molar-refractivity contribution is -0.138. The highest BCUT2D eigenvalue weighted by molar-refractivity contribution is 6.30. The fraction of sp³-hybridized carbons (Fsp3) is 0.391. The topological polar surface area (TPSA) is 133 Å². The van der Waals surface area contributed by atoms with E-state index in [1.54, 1.807) is 51.5 Å². The normalized spacial score (nSPS) is 20.0. The third kappa shape index (κ3) is 5.41. The molecule has 0 radical (unpaired) electrons. The molecule has 2 amide bonds. The van der Waals surface area contributed by atoms with Crippen molar-refractivity contribution in [1.29, 1.82) is 0 Å². The third-order valence-electron chi connectivity index (χ3n) is 6.05. The zero-order valence-corrected chi connectivity index (χ0v) is 20.5. The summed E-state index contributed by atoms with van der Waals surface area (Å²) in [5.74, 6) is 0.143. The van der Waals surface area contributed by atoms with E-state index in [9.17, 15) is 9.59 Å². The highest BCUT2D eigenvalue weighted by Crippen LogP contribution is 2.40. The number of amides is 2. The van der Waals surface area contributed by atoms with Gasteiger partial charge in [0.05, 0.1) is 23.2 Å². The Balaban J connectivity index is 1.40. The molecule has 2 N–H and O–H groups in total. The van der Waals surface area contributed by atoms with Crippen molar-refractivity contribution in [2.45, 2.75) is 38.4 Å². The molecule has 184 valence electrons. The minimum atomic E-state index is -0.712. The average molecular weight is 500 g/mol. The van der Waals surface area contributed by atoms with Crippen molar-refractivity contribution in [2.24, 2.45) is 13.0 Å². The number of aryl methyl sites for hydroxylation is 1. The standard InChI is InChI=1S/C23H26ClN7O4/c1-13(16-6-5-9-25-19(16)24)35-22(33)28-20-18(29-30-31(20)3)17-8-7-15(12-26-17)27-21(32)14-10-23(2,11-14)34-4/h5-9,12-14H,10-11H2,1-4H3,(H,27,32)(H,28,33)/t13-,14-,23+/m1/s1. The van der Waals surface area contributed by atoms with Crippen LogP contribution in [-0.4, -0.2) is 49.7 Å². The van der Waals surface area contributed by atoms with Gasteiger partial charge in [-0.05, 0) is 44.9 Å². The number of carbonyl (C=O) groups is 2. The average Bonchev–Trinajstić information content (AvgIpc) is 3.17. The summed E-state index contributed by atoms with van der Waals surface area (Å²) >= 11 is 6.08. The number of rotatable bonds is 7. The van der Waals surface area contributed by atoms with Gasteiger partial charge in [-0.25, -0.2) is 14.5 Å². The van der Waals surface area contributed by atoms with Gasteiger partial charge in [-0.3, -0.25) is 15.1 Å². The lowest BCUT2D eigenvalue weighted by Gasteiger charge is -2.42. The van der Waals surface area contributed by atoms with E-state index in [4.69, 9.17) is 21.1 Å². The third-order valence-corrected chi connectivity index (χ3v) is 6.37. The molecule has 1 saturated carbocycles. The maximum absolute atomic E-state index is 12.5. The van der Waals surface area contributed by atoms with Crippen LogP contribution in [0.1, 0.15) is 38.4 Å². The largest absolute Gasteiger partial charge is 0.441 e. The molecule has 12 heteroatoms. The highest BCUT2D eigenvalue weighted by Gasteiger charge is 2.44. The van der Waals surface area contributed by atoms with Gasteiger partial charge in [-0.2, -0.15) is 0 Å². The van der Waals surface area contributed by atoms with E-state index < -0.39 is 12.2 Å². The van der Waals surface area contributed by atoms with Crippen LogP contribution in [0.2, 0.25) is 5.15 Å². The fourth-order valence-corrected chi connectivity index (χ4v) is 4.18. The summed E-state index contributed by atoms with van der Waals surface area (Å²) < 4.78 is 12.2. The van der Waals surface area contributed by atoms with Crippen LogP contribution < -0.4 is 10.6 Å². The second-order valence-electron chi connectivity index (χ2n) is 8.65. The van der Waals surface area contributed by atoms with Crippen LogP contribution in [0.15, 0.2) is 36.7 Å². The molecule has 0 spiro atoms. The van der Waals surface area contributed by atoms with Crippen LogP contribution in [0.25, 0.3) is 11.4 Å². The maximum atomic E-state index is 12.5. The van der Waals surface area contributed by atoms with E-state index in [0.29, 0.717) is 41.3 Å². The molecule has 1 aliphatic carbocycles. The number of hydrogen-bond donors (Lipinski definition) is 2. The highest BCUT2D eigenvalue weighted by atomic mass is 35.5. The second-order valence-corrected chi connectivity index (χ2v) is 9.00. The van der Waals surface area contributed by atoms with Gasteiger partial charge in [-0.1, -0.05) is 22.9 Å². The summed E-state index contributed by atoms with van der Waals surface area (Å²) in [6, 6.07) is 6.85. The molecule has 0 aromatic carbocycles. The quantitative estimate of drug-likeness (QED) is 0.466. The predicted octanol–water partition coefficient (Wildman–Crippen LogP) is 3.99. The Bertz CT molecular complexity index is 1220. The molecule has 4 rings (SSSR count). The number of carbonyl (C=O) groups excluding carboxylic acids is 2. The Morgan fingerprint density at radius 1 is 1.23 bits per heavy atom. The van der Waals surface area contributed by atoms with Gasteiger partial charge in [0.2, 0.25) is 5.91 Å². The van der Waals surface area contributed by atoms with E-state index in [0.717, 1.165) is 0 Å². The lowest BCUT2D eigenvalue weighted by atomic mass is 9.71. The zero-order valence-electron chi connectivity index (χ0n) is 19.8. The van der Waals surface area contributed by atoms with Crippen molar-refractivity contribution in [2.75, 3.05) is 17.7 Å². The lowest BCUT2D eigenvalue weighted by Crippen LogP contribution is -2.47. The van der Waals surface area contributed by atoms with E-state index >= 15 is 0 Å². The number of methoxy groups -OCH3 is 1. The SMILES string of the molecule is CO[C@]1(C)C[C@H](C(=O)Nc2ccc(-c3nnn(C)c3NC(=O)O[C@H](C)c3cccnc3Cl)nc2)C1. The molecule has 35 heavy (non-hydrogen) atoms. The van der Waals surface area contributed by atoms with Crippen molar-refractivity contribution >= 4 is 35.1 Å². The van der Waals surface area contributed by atoms with Crippen LogP contribution in [0.5, 0.6) is 0 Å². The molecule has 3 aromatic heterocycles. The van der Waals surface area contributed by atoms with Crippen molar-refractivity contribution in [1.82, 2.24) is 25.0 Å². The van der Waals surface area contributed by atoms with Crippen LogP contribution in [0.4, 0.5) is 16.3 Å². The summed E-state index contributed by atoms with van der Waals surface area (Å²) in [6.45, 7) is 3.68. The van der Waals surface area contributed by atoms with E-state index in [1.165, 1.54) is 10.9 Å². The molecule has 1 aliphatic rings. The first-order valence-corrected chi connectivity index (χ1v) is 11.4. The second kappa shape index (κ2) is 9.96. The van der Waals surface area contributed by atoms with Gasteiger partial charge in [0.15, 0.2) is 11.5 Å². The molecule has 0 saturated heterocycles. The van der Waals surface area contributed by atoms with Crippen molar-refractivity contribution in [3.05, 3.63) is 47.4 Å². The Labute approximate surface area is 207 Å². The smallest absolute Gasteiger partial charge is 0.413 e. The first kappa shape index (κ1) is 24.6. The van der Waals surface area contributed by atoms with Crippen LogP contribution in [0.3, 0.4) is 0 Å². The van der Waals surface area contributed by atoms with Crippen LogP contribution in [0, 0.1) is 5.92 Å². The van der Waals surface area contributed by atoms with Crippen molar-refractivity contribution in [3.8, 4) is 11.4 Å². The fourth-order valence-electron chi connectivity index (χ4n) is 3.91. The van der Waals surface area contributed by atoms with Crippen molar-refractivity contribution < 1.29 is 19.1 Å². The first-order chi connectivity index (χ1) is 16.7. The van der Waals surface area contributed by atoms with E-state index in [2.05, 4.69) is 30.9 Å². The van der Waals surface area contributed by atoms with E-state index in [-0.39, 0.29) is 22.6 Å². The minimum absolute atomic E-state index is 0.0680. The summed E-state index contributed by atoms with van der Waals surface area (Å²) in [4.78, 5) is 33.4. The molecule has 0 unspecified atom stereocenters. The zero-order chi connectivity index (χ0) is 25.2. The number of pyridine rings is 2. The number of ether oxygens (including phenoxy) is 2. The summed E-state index contributed by atoms with van der Waals surface area (Å²) in [5.41, 5.74) is 1.72. The Kier molecular flexibility index (Phi) is 6.99. The molecule has 11 nitrogen and oxygen atoms in total. The molecule has 3 heterocycles. The van der Waals surface area contributed by atoms with Crippen molar-refractivity contribution in [3.63, 3.8) is 0 Å². The Morgan fingerprint density at radius 2 is 2.00 bits per heavy atom. The molecule has 3 aromatic rings. The Morgan fingerprint density at radius 3 is 2.66 bits per heavy atom. The van der Waals surface area contributed by atoms with Gasteiger partial charge in [0.1, 0.15) is 11.3 Å². The number of halogens is 1. The predicted molar refractivity (Wildman–Crippen MR) is 129 cm³/mol. The molecular formula is C23H26ClN7O4. The van der Waals surface area contributed by atoms with Gasteiger partial charge < -0.3 is 14.8 Å². The number of aromatic nitrogens is 5. The summed E-state index contributed by atoms with van der Waals surface area (Å²) in [6.07, 6.45) is 3.11. The first-order valence-electron chi connectivity index (χ1n) is 11.0. The van der Waals surface area contributed by atoms with Crippen LogP contribution in [-0.2, 0) is 21.3 Å². The number of nitrogens with zero attached hydrogens (tertiary/aromatic N) is 5. The van der Waals surface area contributed by atoms with Gasteiger partial charge in [-0.15, -0.1) is 5.10 Å². The van der Waals surface area contributed by atoms with Gasteiger partial charge >= 0.3 is 6.09 Å². The maximum Gasteiger partial charge on any atom is 0.413 e. The molecule has 1 fully saturated rings. The summed E-state index contributed by atoms with van der Waals surface area (Å²) in [7, 11) is 3.29. The van der Waals surface area contributed by atoms with Gasteiger partial charge in [0, 0.05) is 31.8 Å². The minimum Gasteiger partial charge on any atom is -0.441 e. The Hall–Kier alpha value is -3.57. The number of nitrogens with one attached hydrogen (secondary N) is 2. The molecular weight excluding hydrogens is 474 g/mol. The summed E-state index contributed by atoms with van der Waals surface area (Å²) in [5, 5.41) is 13.9.